The van der Waals surface area contributed by atoms with Crippen LogP contribution in [-0.4, -0.2) is 53.6 Å². The number of anilines is 2. The van der Waals surface area contributed by atoms with Crippen LogP contribution < -0.4 is 15.5 Å². The molecule has 1 aliphatic carbocycles. The summed E-state index contributed by atoms with van der Waals surface area (Å²) < 4.78 is 5.63. The first-order valence-corrected chi connectivity index (χ1v) is 11.7. The molecule has 1 atom stereocenters. The molecule has 0 bridgehead atoms. The largest absolute Gasteiger partial charge is 0.377 e. The number of nitrogens with one attached hydrogen (secondary N) is 2. The number of ether oxygens (including phenoxy) is 1. The molecule has 5 rings (SSSR count). The molecule has 2 fully saturated rings. The number of aromatic nitrogens is 2. The van der Waals surface area contributed by atoms with Gasteiger partial charge in [-0.1, -0.05) is 0 Å². The lowest BCUT2D eigenvalue weighted by Crippen LogP contribution is -2.44. The molecule has 2 N–H and O–H groups in total. The molecule has 3 heterocycles. The van der Waals surface area contributed by atoms with Gasteiger partial charge in [0.05, 0.1) is 29.8 Å². The average Bonchev–Trinajstić information content (AvgIpc) is 3.58. The van der Waals surface area contributed by atoms with Gasteiger partial charge in [-0.05, 0) is 62.6 Å². The lowest BCUT2D eigenvalue weighted by molar-refractivity contribution is 0.0982. The standard InChI is InChI=1S/C22H27N5O2S/c1-14-13-29-11-10-27(14)21-19-18(3-2-12-30-19)25-20(26-21)15-4-6-16(7-5-15)23-22(28)24-17-8-9-17/h4-7,14,17H,2-3,8-13H2,1H3,(H2,23,24,28). The number of hydrogen-bond acceptors (Lipinski definition) is 6. The maximum atomic E-state index is 12.0. The van der Waals surface area contributed by atoms with E-state index < -0.39 is 0 Å². The second-order valence-electron chi connectivity index (χ2n) is 8.17. The Kier molecular flexibility index (Phi) is 5.52. The summed E-state index contributed by atoms with van der Waals surface area (Å²) in [5.41, 5.74) is 2.88. The Labute approximate surface area is 181 Å². The van der Waals surface area contributed by atoms with Crippen molar-refractivity contribution in [2.24, 2.45) is 0 Å². The Bertz CT molecular complexity index is 932. The SMILES string of the molecule is CC1COCCN1c1nc(-c2ccc(NC(=O)NC3CC3)cc2)nc2c1SCCC2. The lowest BCUT2D eigenvalue weighted by atomic mass is 10.1. The first-order chi connectivity index (χ1) is 14.7. The number of hydrogen-bond donors (Lipinski definition) is 2. The van der Waals surface area contributed by atoms with E-state index in [0.717, 1.165) is 79.8 Å². The van der Waals surface area contributed by atoms with Gasteiger partial charge in [-0.3, -0.25) is 0 Å². The zero-order valence-electron chi connectivity index (χ0n) is 17.2. The third kappa shape index (κ3) is 4.25. The number of urea groups is 1. The van der Waals surface area contributed by atoms with Gasteiger partial charge in [0.25, 0.3) is 0 Å². The first kappa shape index (κ1) is 19.6. The van der Waals surface area contributed by atoms with E-state index in [1.165, 1.54) is 4.90 Å². The highest BCUT2D eigenvalue weighted by molar-refractivity contribution is 7.99. The van der Waals surface area contributed by atoms with Gasteiger partial charge in [0.1, 0.15) is 5.82 Å². The van der Waals surface area contributed by atoms with Gasteiger partial charge in [0.15, 0.2) is 5.82 Å². The minimum atomic E-state index is -0.143. The highest BCUT2D eigenvalue weighted by Crippen LogP contribution is 2.38. The van der Waals surface area contributed by atoms with Crippen molar-refractivity contribution in [2.75, 3.05) is 35.7 Å². The topological polar surface area (TPSA) is 79.4 Å². The van der Waals surface area contributed by atoms with Crippen molar-refractivity contribution in [1.29, 1.82) is 0 Å². The molecule has 2 aromatic rings. The normalized spacial score (nSPS) is 21.1. The highest BCUT2D eigenvalue weighted by atomic mass is 32.2. The predicted octanol–water partition coefficient (Wildman–Crippen LogP) is 3.69. The number of carbonyl (C=O) groups excluding carboxylic acids is 1. The van der Waals surface area contributed by atoms with Crippen LogP contribution >= 0.6 is 11.8 Å². The molecule has 0 spiro atoms. The Morgan fingerprint density at radius 2 is 2.07 bits per heavy atom. The quantitative estimate of drug-likeness (QED) is 0.778. The van der Waals surface area contributed by atoms with Gasteiger partial charge in [-0.25, -0.2) is 14.8 Å². The molecular formula is C22H27N5O2S. The van der Waals surface area contributed by atoms with Crippen LogP contribution in [0, 0.1) is 0 Å². The van der Waals surface area contributed by atoms with Crippen LogP contribution in [0.25, 0.3) is 11.4 Å². The number of carbonyl (C=O) groups is 1. The highest BCUT2D eigenvalue weighted by Gasteiger charge is 2.27. The molecule has 1 aromatic heterocycles. The second kappa shape index (κ2) is 8.43. The predicted molar refractivity (Wildman–Crippen MR) is 119 cm³/mol. The zero-order chi connectivity index (χ0) is 20.5. The van der Waals surface area contributed by atoms with E-state index in [9.17, 15) is 4.79 Å². The maximum Gasteiger partial charge on any atom is 0.319 e. The van der Waals surface area contributed by atoms with Crippen molar-refractivity contribution in [3.63, 3.8) is 0 Å². The van der Waals surface area contributed by atoms with Crippen molar-refractivity contribution in [2.45, 2.75) is 49.6 Å². The van der Waals surface area contributed by atoms with Gasteiger partial charge >= 0.3 is 6.03 Å². The number of morpholine rings is 1. The molecule has 7 nitrogen and oxygen atoms in total. The molecule has 0 radical (unpaired) electrons. The third-order valence-corrected chi connectivity index (χ3v) is 6.88. The fourth-order valence-electron chi connectivity index (χ4n) is 3.86. The summed E-state index contributed by atoms with van der Waals surface area (Å²) in [6.07, 6.45) is 4.28. The van der Waals surface area contributed by atoms with Gasteiger partial charge < -0.3 is 20.3 Å². The fraction of sp³-hybridized carbons (Fsp3) is 0.500. The number of fused-ring (bicyclic) bond motifs is 1. The number of nitrogens with zero attached hydrogens (tertiary/aromatic N) is 3. The molecule has 3 aliphatic rings. The van der Waals surface area contributed by atoms with Crippen molar-refractivity contribution >= 4 is 29.3 Å². The van der Waals surface area contributed by atoms with E-state index in [-0.39, 0.29) is 6.03 Å². The molecule has 1 unspecified atom stereocenters. The number of amides is 2. The minimum absolute atomic E-state index is 0.143. The molecule has 1 saturated heterocycles. The van der Waals surface area contributed by atoms with Gasteiger partial charge in [0.2, 0.25) is 0 Å². The maximum absolute atomic E-state index is 12.0. The molecule has 2 amide bonds. The van der Waals surface area contributed by atoms with E-state index in [4.69, 9.17) is 14.7 Å². The Morgan fingerprint density at radius 3 is 2.83 bits per heavy atom. The summed E-state index contributed by atoms with van der Waals surface area (Å²) in [7, 11) is 0. The van der Waals surface area contributed by atoms with E-state index in [0.29, 0.717) is 12.1 Å². The summed E-state index contributed by atoms with van der Waals surface area (Å²) in [4.78, 5) is 25.5. The van der Waals surface area contributed by atoms with Crippen molar-refractivity contribution in [3.8, 4) is 11.4 Å². The van der Waals surface area contributed by atoms with Crippen LogP contribution in [0.3, 0.4) is 0 Å². The summed E-state index contributed by atoms with van der Waals surface area (Å²) in [5, 5.41) is 5.83. The average molecular weight is 426 g/mol. The zero-order valence-corrected chi connectivity index (χ0v) is 18.0. The van der Waals surface area contributed by atoms with Crippen LogP contribution in [0.5, 0.6) is 0 Å². The summed E-state index contributed by atoms with van der Waals surface area (Å²) in [6.45, 7) is 4.49. The monoisotopic (exact) mass is 425 g/mol. The smallest absolute Gasteiger partial charge is 0.319 e. The van der Waals surface area contributed by atoms with E-state index >= 15 is 0 Å². The lowest BCUT2D eigenvalue weighted by Gasteiger charge is -2.36. The van der Waals surface area contributed by atoms with Crippen LogP contribution in [0.1, 0.15) is 31.9 Å². The molecule has 1 aromatic carbocycles. The molecule has 30 heavy (non-hydrogen) atoms. The summed E-state index contributed by atoms with van der Waals surface area (Å²) in [6, 6.07) is 8.29. The summed E-state index contributed by atoms with van der Waals surface area (Å²) in [5.74, 6) is 2.91. The van der Waals surface area contributed by atoms with Crippen molar-refractivity contribution in [3.05, 3.63) is 30.0 Å². The van der Waals surface area contributed by atoms with Crippen LogP contribution in [0.4, 0.5) is 16.3 Å². The van der Waals surface area contributed by atoms with Crippen LogP contribution in [-0.2, 0) is 11.2 Å². The Balaban J connectivity index is 1.42. The van der Waals surface area contributed by atoms with Gasteiger partial charge in [-0.2, -0.15) is 0 Å². The van der Waals surface area contributed by atoms with Crippen molar-refractivity contribution < 1.29 is 9.53 Å². The third-order valence-electron chi connectivity index (χ3n) is 5.68. The van der Waals surface area contributed by atoms with Gasteiger partial charge in [0, 0.05) is 23.8 Å². The Morgan fingerprint density at radius 1 is 1.23 bits per heavy atom. The first-order valence-electron chi connectivity index (χ1n) is 10.7. The van der Waals surface area contributed by atoms with Gasteiger partial charge in [-0.15, -0.1) is 11.8 Å². The van der Waals surface area contributed by atoms with Crippen LogP contribution in [0.15, 0.2) is 29.2 Å². The number of benzene rings is 1. The van der Waals surface area contributed by atoms with E-state index in [1.54, 1.807) is 0 Å². The second-order valence-corrected chi connectivity index (χ2v) is 9.27. The summed E-state index contributed by atoms with van der Waals surface area (Å²) >= 11 is 1.87. The number of rotatable bonds is 4. The number of aryl methyl sites for hydroxylation is 1. The molecule has 158 valence electrons. The van der Waals surface area contributed by atoms with Crippen LogP contribution in [0.2, 0.25) is 0 Å². The molecule has 2 aliphatic heterocycles. The molecule has 1 saturated carbocycles. The minimum Gasteiger partial charge on any atom is -0.377 e. The Hall–Kier alpha value is -2.32. The van der Waals surface area contributed by atoms with E-state index in [1.807, 2.05) is 36.0 Å². The molecule has 8 heteroatoms. The fourth-order valence-corrected chi connectivity index (χ4v) is 4.96. The molecular weight excluding hydrogens is 398 g/mol. The van der Waals surface area contributed by atoms with E-state index in [2.05, 4.69) is 22.5 Å². The van der Waals surface area contributed by atoms with Crippen molar-refractivity contribution in [1.82, 2.24) is 15.3 Å². The number of thioether (sulfide) groups is 1.